The first-order valence-corrected chi connectivity index (χ1v) is 13.3. The van der Waals surface area contributed by atoms with Gasteiger partial charge in [-0.25, -0.2) is 9.97 Å². The van der Waals surface area contributed by atoms with E-state index in [1.54, 1.807) is 11.1 Å². The van der Waals surface area contributed by atoms with Crippen LogP contribution in [0.15, 0.2) is 18.3 Å². The van der Waals surface area contributed by atoms with Crippen molar-refractivity contribution in [1.82, 2.24) is 14.9 Å². The van der Waals surface area contributed by atoms with Crippen LogP contribution in [0.5, 0.6) is 0 Å². The molecule has 2 aromatic rings. The molecule has 11 nitrogen and oxygen atoms in total. The fourth-order valence-electron chi connectivity index (χ4n) is 4.26. The maximum absolute atomic E-state index is 12.2. The second kappa shape index (κ2) is 13.0. The number of carbonyl (C=O) groups excluding carboxylic acids is 3. The molecule has 1 atom stereocenters. The number of morpholine rings is 1. The van der Waals surface area contributed by atoms with Crippen LogP contribution in [0.2, 0.25) is 0 Å². The van der Waals surface area contributed by atoms with Gasteiger partial charge in [0.1, 0.15) is 30.0 Å². The molecular formula is C25H29N7O4S. The van der Waals surface area contributed by atoms with Gasteiger partial charge in [0, 0.05) is 49.3 Å². The van der Waals surface area contributed by atoms with Gasteiger partial charge < -0.3 is 25.6 Å². The predicted octanol–water partition coefficient (Wildman–Crippen LogP) is 2.05. The molecule has 2 saturated heterocycles. The van der Waals surface area contributed by atoms with Gasteiger partial charge in [-0.15, -0.1) is 0 Å². The van der Waals surface area contributed by atoms with Gasteiger partial charge in [0.25, 0.3) is 0 Å². The number of ether oxygens (including phenoxy) is 1. The molecule has 37 heavy (non-hydrogen) atoms. The van der Waals surface area contributed by atoms with Crippen LogP contribution in [0, 0.1) is 11.3 Å². The van der Waals surface area contributed by atoms with Gasteiger partial charge in [-0.3, -0.25) is 14.4 Å². The van der Waals surface area contributed by atoms with Crippen molar-refractivity contribution in [2.24, 2.45) is 0 Å². The average Bonchev–Trinajstić information content (AvgIpc) is 3.42. The van der Waals surface area contributed by atoms with E-state index in [1.165, 1.54) is 0 Å². The highest BCUT2D eigenvalue weighted by atomic mass is 32.2. The molecule has 1 unspecified atom stereocenters. The number of nitriles is 1. The minimum Gasteiger partial charge on any atom is -0.380 e. The Morgan fingerprint density at radius 3 is 2.92 bits per heavy atom. The van der Waals surface area contributed by atoms with Crippen molar-refractivity contribution in [1.29, 1.82) is 5.26 Å². The SMILES string of the molecule is N#Cc1cnc(NCCCc2cc(CN3CCOCC3=O)c(C=O)nc2NC=O)cc1NC1CCSC1. The van der Waals surface area contributed by atoms with Gasteiger partial charge in [0.15, 0.2) is 6.29 Å². The lowest BCUT2D eigenvalue weighted by Crippen LogP contribution is -2.41. The van der Waals surface area contributed by atoms with Crippen molar-refractivity contribution >= 4 is 47.7 Å². The Hall–Kier alpha value is -3.69. The number of hydrogen-bond donors (Lipinski definition) is 3. The van der Waals surface area contributed by atoms with Crippen LogP contribution in [0.1, 0.15) is 40.0 Å². The minimum atomic E-state index is -0.139. The fraction of sp³-hybridized carbons (Fsp3) is 0.440. The zero-order chi connectivity index (χ0) is 26.0. The van der Waals surface area contributed by atoms with E-state index in [0.717, 1.165) is 29.2 Å². The maximum atomic E-state index is 12.2. The number of rotatable bonds is 12. The minimum absolute atomic E-state index is 0.0212. The summed E-state index contributed by atoms with van der Waals surface area (Å²) in [6, 6.07) is 6.23. The second-order valence-electron chi connectivity index (χ2n) is 8.75. The van der Waals surface area contributed by atoms with Crippen LogP contribution in [0.25, 0.3) is 0 Å². The van der Waals surface area contributed by atoms with E-state index in [2.05, 4.69) is 32.0 Å². The largest absolute Gasteiger partial charge is 0.380 e. The molecule has 2 amide bonds. The molecule has 0 bridgehead atoms. The lowest BCUT2D eigenvalue weighted by molar-refractivity contribution is -0.143. The van der Waals surface area contributed by atoms with Crippen molar-refractivity contribution in [3.05, 3.63) is 40.7 Å². The van der Waals surface area contributed by atoms with E-state index >= 15 is 0 Å². The Bertz CT molecular complexity index is 1180. The first-order valence-electron chi connectivity index (χ1n) is 12.1. The van der Waals surface area contributed by atoms with E-state index < -0.39 is 0 Å². The van der Waals surface area contributed by atoms with Crippen LogP contribution in [0.4, 0.5) is 17.3 Å². The number of aryl methyl sites for hydroxylation is 1. The molecule has 4 rings (SSSR count). The second-order valence-corrected chi connectivity index (χ2v) is 9.90. The first kappa shape index (κ1) is 26.4. The summed E-state index contributed by atoms with van der Waals surface area (Å²) < 4.78 is 5.18. The molecule has 0 aromatic carbocycles. The number of anilines is 3. The summed E-state index contributed by atoms with van der Waals surface area (Å²) in [7, 11) is 0. The predicted molar refractivity (Wildman–Crippen MR) is 141 cm³/mol. The molecule has 2 aliphatic heterocycles. The highest BCUT2D eigenvalue weighted by Gasteiger charge is 2.21. The highest BCUT2D eigenvalue weighted by Crippen LogP contribution is 2.25. The van der Waals surface area contributed by atoms with Crippen LogP contribution >= 0.6 is 11.8 Å². The van der Waals surface area contributed by atoms with E-state index in [-0.39, 0.29) is 24.8 Å². The average molecular weight is 524 g/mol. The molecule has 194 valence electrons. The van der Waals surface area contributed by atoms with E-state index in [1.807, 2.05) is 23.9 Å². The number of amides is 2. The number of aldehydes is 1. The first-order chi connectivity index (χ1) is 18.1. The van der Waals surface area contributed by atoms with Gasteiger partial charge in [0.2, 0.25) is 12.3 Å². The molecule has 2 aliphatic rings. The molecule has 3 N–H and O–H groups in total. The van der Waals surface area contributed by atoms with Crippen LogP contribution in [-0.4, -0.2) is 77.3 Å². The zero-order valence-electron chi connectivity index (χ0n) is 20.4. The number of pyridine rings is 2. The molecule has 2 fully saturated rings. The third-order valence-electron chi connectivity index (χ3n) is 6.21. The maximum Gasteiger partial charge on any atom is 0.248 e. The van der Waals surface area contributed by atoms with Crippen LogP contribution in [-0.2, 0) is 27.3 Å². The summed E-state index contributed by atoms with van der Waals surface area (Å²) in [6.07, 6.45) is 5.06. The van der Waals surface area contributed by atoms with Gasteiger partial charge in [0.05, 0.1) is 17.9 Å². The fourth-order valence-corrected chi connectivity index (χ4v) is 5.42. The van der Waals surface area contributed by atoms with Crippen molar-refractivity contribution < 1.29 is 19.1 Å². The molecule has 0 radical (unpaired) electrons. The standard InChI is InChI=1S/C25H29N7O4S/c26-10-19-11-28-23(9-21(19)30-20-3-7-37-15-20)27-4-1-2-17-8-18(12-32-5-6-36-14-24(32)35)22(13-33)31-25(17)29-16-34/h8-9,11,13,16,20H,1-7,12,14-15H2,(H2,27,28,30)(H,29,31,34). The van der Waals surface area contributed by atoms with Crippen LogP contribution in [0.3, 0.4) is 0 Å². The summed E-state index contributed by atoms with van der Waals surface area (Å²) in [5.74, 6) is 2.99. The van der Waals surface area contributed by atoms with Crippen molar-refractivity contribution in [2.45, 2.75) is 31.8 Å². The van der Waals surface area contributed by atoms with Gasteiger partial charge in [-0.2, -0.15) is 17.0 Å². The number of aromatic nitrogens is 2. The Kier molecular flexibility index (Phi) is 9.29. The molecule has 0 spiro atoms. The summed E-state index contributed by atoms with van der Waals surface area (Å²) in [6.45, 7) is 1.75. The monoisotopic (exact) mass is 523 g/mol. The van der Waals surface area contributed by atoms with Crippen molar-refractivity contribution in [3.8, 4) is 6.07 Å². The Morgan fingerprint density at radius 2 is 2.19 bits per heavy atom. The van der Waals surface area contributed by atoms with Gasteiger partial charge >= 0.3 is 0 Å². The number of carbonyl (C=O) groups is 3. The third kappa shape index (κ3) is 6.96. The normalized spacial score (nSPS) is 17.2. The van der Waals surface area contributed by atoms with Gasteiger partial charge in [-0.05, 0) is 36.6 Å². The Balaban J connectivity index is 1.41. The van der Waals surface area contributed by atoms with Crippen molar-refractivity contribution in [3.63, 3.8) is 0 Å². The molecule has 4 heterocycles. The molecule has 2 aromatic heterocycles. The molecule has 0 aliphatic carbocycles. The number of thioether (sulfide) groups is 1. The molecule has 0 saturated carbocycles. The quantitative estimate of drug-likeness (QED) is 0.279. The number of nitrogens with zero attached hydrogens (tertiary/aromatic N) is 4. The smallest absolute Gasteiger partial charge is 0.248 e. The highest BCUT2D eigenvalue weighted by molar-refractivity contribution is 7.99. The lowest BCUT2D eigenvalue weighted by Gasteiger charge is -2.27. The van der Waals surface area contributed by atoms with Gasteiger partial charge in [-0.1, -0.05) is 0 Å². The third-order valence-corrected chi connectivity index (χ3v) is 7.37. The van der Waals surface area contributed by atoms with Crippen molar-refractivity contribution in [2.75, 3.05) is 53.8 Å². The molecular weight excluding hydrogens is 494 g/mol. The Morgan fingerprint density at radius 1 is 1.30 bits per heavy atom. The van der Waals surface area contributed by atoms with E-state index in [0.29, 0.717) is 74.0 Å². The summed E-state index contributed by atoms with van der Waals surface area (Å²) >= 11 is 1.90. The van der Waals surface area contributed by atoms with Crippen LogP contribution < -0.4 is 16.0 Å². The number of nitrogens with one attached hydrogen (secondary N) is 3. The lowest BCUT2D eigenvalue weighted by atomic mass is 10.0. The van der Waals surface area contributed by atoms with E-state index in [4.69, 9.17) is 4.74 Å². The van der Waals surface area contributed by atoms with E-state index in [9.17, 15) is 19.6 Å². The Labute approximate surface area is 219 Å². The number of hydrogen-bond acceptors (Lipinski definition) is 10. The summed E-state index contributed by atoms with van der Waals surface area (Å²) in [5.41, 5.74) is 2.87. The topological polar surface area (TPSA) is 149 Å². The summed E-state index contributed by atoms with van der Waals surface area (Å²) in [4.78, 5) is 45.3. The molecule has 12 heteroatoms. The summed E-state index contributed by atoms with van der Waals surface area (Å²) in [5, 5.41) is 18.8. The zero-order valence-corrected chi connectivity index (χ0v) is 21.2.